The zero-order valence-electron chi connectivity index (χ0n) is 7.70. The number of rotatable bonds is 2. The maximum absolute atomic E-state index is 10.4. The Kier molecular flexibility index (Phi) is 2.47. The quantitative estimate of drug-likeness (QED) is 0.766. The van der Waals surface area contributed by atoms with Crippen molar-refractivity contribution in [3.8, 4) is 0 Å². The molecule has 0 atom stereocenters. The van der Waals surface area contributed by atoms with Crippen LogP contribution in [0, 0.1) is 0 Å². The van der Waals surface area contributed by atoms with Crippen LogP contribution in [0.3, 0.4) is 0 Å². The summed E-state index contributed by atoms with van der Waals surface area (Å²) in [6.45, 7) is 0. The van der Waals surface area contributed by atoms with Gasteiger partial charge in [0.1, 0.15) is 0 Å². The number of carboxylic acid groups (broad SMARTS) is 1. The van der Waals surface area contributed by atoms with E-state index in [2.05, 4.69) is 4.98 Å². The minimum atomic E-state index is -0.966. The van der Waals surface area contributed by atoms with Crippen LogP contribution in [0.5, 0.6) is 0 Å². The molecule has 0 aliphatic heterocycles. The second-order valence-electron chi connectivity index (χ2n) is 3.08. The third-order valence-corrected chi connectivity index (χ3v) is 2.42. The molecule has 2 N–H and O–H groups in total. The molecule has 0 saturated carbocycles. The van der Waals surface area contributed by atoms with Crippen LogP contribution in [0.1, 0.15) is 5.56 Å². The number of aliphatic carboxylic acids is 1. The molecule has 1 aromatic heterocycles. The number of carboxylic acids is 1. The molecule has 0 spiro atoms. The normalized spacial score (nSPS) is 11.3. The number of para-hydroxylation sites is 1. The molecular weight excluding hydrogens is 214 g/mol. The fraction of sp³-hybridized carbons (Fsp3) is 0. The predicted octanol–water partition coefficient (Wildman–Crippen LogP) is 2.92. The van der Waals surface area contributed by atoms with Gasteiger partial charge in [0.25, 0.3) is 0 Å². The van der Waals surface area contributed by atoms with E-state index >= 15 is 0 Å². The highest BCUT2D eigenvalue weighted by atomic mass is 35.5. The van der Waals surface area contributed by atoms with Crippen LogP contribution in [0.15, 0.2) is 30.5 Å². The van der Waals surface area contributed by atoms with Crippen LogP contribution in [0.2, 0.25) is 5.02 Å². The zero-order valence-corrected chi connectivity index (χ0v) is 8.45. The number of benzene rings is 1. The highest BCUT2D eigenvalue weighted by molar-refractivity contribution is 6.35. The van der Waals surface area contributed by atoms with E-state index in [1.165, 1.54) is 6.08 Å². The number of halogens is 1. The summed E-state index contributed by atoms with van der Waals surface area (Å²) in [5.41, 5.74) is 1.64. The molecule has 0 saturated heterocycles. The van der Waals surface area contributed by atoms with Gasteiger partial charge in [-0.2, -0.15) is 0 Å². The van der Waals surface area contributed by atoms with Crippen LogP contribution in [-0.4, -0.2) is 16.1 Å². The number of hydrogen-bond donors (Lipinski definition) is 2. The molecule has 76 valence electrons. The average molecular weight is 222 g/mol. The van der Waals surface area contributed by atoms with Crippen LogP contribution < -0.4 is 0 Å². The molecule has 15 heavy (non-hydrogen) atoms. The first kappa shape index (κ1) is 9.80. The van der Waals surface area contributed by atoms with Crippen molar-refractivity contribution in [3.63, 3.8) is 0 Å². The monoisotopic (exact) mass is 221 g/mol. The molecule has 0 amide bonds. The number of H-pyrrole nitrogens is 1. The van der Waals surface area contributed by atoms with Crippen LogP contribution in [0.25, 0.3) is 17.0 Å². The smallest absolute Gasteiger partial charge is 0.328 e. The molecule has 3 nitrogen and oxygen atoms in total. The van der Waals surface area contributed by atoms with Crippen molar-refractivity contribution in [1.29, 1.82) is 0 Å². The zero-order chi connectivity index (χ0) is 10.8. The van der Waals surface area contributed by atoms with E-state index in [1.807, 2.05) is 12.1 Å². The molecule has 0 unspecified atom stereocenters. The Morgan fingerprint density at radius 2 is 2.27 bits per heavy atom. The lowest BCUT2D eigenvalue weighted by molar-refractivity contribution is -0.131. The number of carbonyl (C=O) groups is 1. The van der Waals surface area contributed by atoms with Gasteiger partial charge in [-0.1, -0.05) is 23.7 Å². The highest BCUT2D eigenvalue weighted by Gasteiger charge is 2.03. The fourth-order valence-corrected chi connectivity index (χ4v) is 1.67. The topological polar surface area (TPSA) is 53.1 Å². The van der Waals surface area contributed by atoms with Gasteiger partial charge in [0.05, 0.1) is 10.5 Å². The third kappa shape index (κ3) is 1.87. The van der Waals surface area contributed by atoms with Crippen molar-refractivity contribution < 1.29 is 9.90 Å². The van der Waals surface area contributed by atoms with E-state index in [0.29, 0.717) is 5.02 Å². The van der Waals surface area contributed by atoms with Gasteiger partial charge in [0.15, 0.2) is 0 Å². The largest absolute Gasteiger partial charge is 0.478 e. The van der Waals surface area contributed by atoms with Gasteiger partial charge >= 0.3 is 5.97 Å². The van der Waals surface area contributed by atoms with Crippen molar-refractivity contribution in [2.75, 3.05) is 0 Å². The Balaban J connectivity index is 2.54. The number of aromatic nitrogens is 1. The molecule has 0 aliphatic carbocycles. The molecule has 0 radical (unpaired) electrons. The summed E-state index contributed by atoms with van der Waals surface area (Å²) in [4.78, 5) is 13.4. The SMILES string of the molecule is O=C(O)/C=C\c1c[nH]c2c(Cl)cccc12. The van der Waals surface area contributed by atoms with Crippen molar-refractivity contribution >= 4 is 34.5 Å². The Morgan fingerprint density at radius 3 is 3.00 bits per heavy atom. The first-order valence-electron chi connectivity index (χ1n) is 4.35. The van der Waals surface area contributed by atoms with E-state index in [0.717, 1.165) is 22.5 Å². The van der Waals surface area contributed by atoms with Crippen LogP contribution in [-0.2, 0) is 4.79 Å². The van der Waals surface area contributed by atoms with Crippen LogP contribution in [0.4, 0.5) is 0 Å². The number of hydrogen-bond acceptors (Lipinski definition) is 1. The Labute approximate surface area is 91.0 Å². The molecule has 0 fully saturated rings. The minimum Gasteiger partial charge on any atom is -0.478 e. The van der Waals surface area contributed by atoms with E-state index in [4.69, 9.17) is 16.7 Å². The Bertz CT molecular complexity index is 543. The minimum absolute atomic E-state index is 0.627. The lowest BCUT2D eigenvalue weighted by atomic mass is 10.1. The van der Waals surface area contributed by atoms with Gasteiger partial charge in [-0.05, 0) is 12.1 Å². The Morgan fingerprint density at radius 1 is 1.47 bits per heavy atom. The van der Waals surface area contributed by atoms with Gasteiger partial charge in [-0.15, -0.1) is 0 Å². The van der Waals surface area contributed by atoms with Gasteiger partial charge < -0.3 is 10.1 Å². The molecule has 2 aromatic rings. The second kappa shape index (κ2) is 3.79. The molecular formula is C11H8ClNO2. The van der Waals surface area contributed by atoms with Crippen molar-refractivity contribution in [1.82, 2.24) is 4.98 Å². The van der Waals surface area contributed by atoms with Crippen molar-refractivity contribution in [2.24, 2.45) is 0 Å². The number of fused-ring (bicyclic) bond motifs is 1. The summed E-state index contributed by atoms with van der Waals surface area (Å²) in [5, 5.41) is 10.1. The lowest BCUT2D eigenvalue weighted by Crippen LogP contribution is -1.84. The van der Waals surface area contributed by atoms with Crippen LogP contribution >= 0.6 is 11.6 Å². The summed E-state index contributed by atoms with van der Waals surface area (Å²) in [5.74, 6) is -0.966. The van der Waals surface area contributed by atoms with Gasteiger partial charge in [-0.25, -0.2) is 4.79 Å². The maximum Gasteiger partial charge on any atom is 0.328 e. The van der Waals surface area contributed by atoms with Gasteiger partial charge in [0.2, 0.25) is 0 Å². The van der Waals surface area contributed by atoms with E-state index in [9.17, 15) is 4.79 Å². The summed E-state index contributed by atoms with van der Waals surface area (Å²) in [6, 6.07) is 5.50. The van der Waals surface area contributed by atoms with Gasteiger partial charge in [0, 0.05) is 23.2 Å². The number of aromatic amines is 1. The maximum atomic E-state index is 10.4. The van der Waals surface area contributed by atoms with E-state index in [-0.39, 0.29) is 0 Å². The summed E-state index contributed by atoms with van der Waals surface area (Å²) in [6.07, 6.45) is 4.37. The standard InChI is InChI=1S/C11H8ClNO2/c12-9-3-1-2-8-7(4-5-10(14)15)6-13-11(8)9/h1-6,13H,(H,14,15)/b5-4-. The first-order chi connectivity index (χ1) is 7.18. The molecule has 0 bridgehead atoms. The first-order valence-corrected chi connectivity index (χ1v) is 4.73. The highest BCUT2D eigenvalue weighted by Crippen LogP contribution is 2.25. The molecule has 1 heterocycles. The lowest BCUT2D eigenvalue weighted by Gasteiger charge is -1.93. The van der Waals surface area contributed by atoms with E-state index in [1.54, 1.807) is 12.3 Å². The Hall–Kier alpha value is -1.74. The summed E-state index contributed by atoms with van der Waals surface area (Å²) in [7, 11) is 0. The molecule has 4 heteroatoms. The number of nitrogens with one attached hydrogen (secondary N) is 1. The summed E-state index contributed by atoms with van der Waals surface area (Å²) >= 11 is 5.96. The molecule has 2 rings (SSSR count). The van der Waals surface area contributed by atoms with E-state index < -0.39 is 5.97 Å². The van der Waals surface area contributed by atoms with Crippen molar-refractivity contribution in [3.05, 3.63) is 41.1 Å². The predicted molar refractivity (Wildman–Crippen MR) is 60.0 cm³/mol. The average Bonchev–Trinajstić information content (AvgIpc) is 2.59. The fourth-order valence-electron chi connectivity index (χ4n) is 1.44. The second-order valence-corrected chi connectivity index (χ2v) is 3.49. The molecule has 1 aromatic carbocycles. The summed E-state index contributed by atoms with van der Waals surface area (Å²) < 4.78 is 0. The van der Waals surface area contributed by atoms with Gasteiger partial charge in [-0.3, -0.25) is 0 Å². The molecule has 0 aliphatic rings. The van der Waals surface area contributed by atoms with Crippen molar-refractivity contribution in [2.45, 2.75) is 0 Å². The third-order valence-electron chi connectivity index (χ3n) is 2.10.